The number of aryl methyl sites for hydroxylation is 1. The minimum atomic E-state index is 0.935. The Labute approximate surface area is 235 Å². The Morgan fingerprint density at radius 2 is 1.00 bits per heavy atom. The van der Waals surface area contributed by atoms with Gasteiger partial charge in [0.05, 0.1) is 0 Å². The van der Waals surface area contributed by atoms with E-state index >= 15 is 0 Å². The van der Waals surface area contributed by atoms with Crippen molar-refractivity contribution in [2.75, 3.05) is 0 Å². The molecular weight excluding hydrogens is 456 g/mol. The van der Waals surface area contributed by atoms with Gasteiger partial charge in [0.1, 0.15) is 0 Å². The molecule has 3 rings (SSSR count). The third kappa shape index (κ3) is 12.4. The molecule has 38 heavy (non-hydrogen) atoms. The fourth-order valence-corrected chi connectivity index (χ4v) is 5.73. The standard InChI is InChI=1S/C38H52/c1-3-5-7-9-10-11-12-14-16-34-19-23-36(24-20-34)26-28-38-31-29-37(30-32-38)27-25-35-21-17-33(18-22-35)15-13-8-6-4-2/h19-20,23-24,29-33,35H,3-13,15,17-18,21-22,25,27H2,1-2H3/t33-,35-. The fraction of sp³-hybridized carbons (Fsp3) is 0.579. The zero-order chi connectivity index (χ0) is 26.7. The van der Waals surface area contributed by atoms with E-state index in [1.165, 1.54) is 115 Å². The lowest BCUT2D eigenvalue weighted by Crippen LogP contribution is -2.15. The summed E-state index contributed by atoms with van der Waals surface area (Å²) in [7, 11) is 0. The summed E-state index contributed by atoms with van der Waals surface area (Å²) in [6.45, 7) is 4.57. The van der Waals surface area contributed by atoms with Gasteiger partial charge in [-0.15, -0.1) is 0 Å². The van der Waals surface area contributed by atoms with Crippen molar-refractivity contribution >= 4 is 0 Å². The summed E-state index contributed by atoms with van der Waals surface area (Å²) in [4.78, 5) is 0. The SMILES string of the molecule is CCCCCCCCC#Cc1ccc(C#Cc2ccc(CC[C@H]3CC[C@H](CCCCCC)CC3)cc2)cc1. The van der Waals surface area contributed by atoms with Crippen LogP contribution in [0.4, 0.5) is 0 Å². The van der Waals surface area contributed by atoms with Gasteiger partial charge in [0.25, 0.3) is 0 Å². The number of hydrogen-bond donors (Lipinski definition) is 0. The molecule has 0 heterocycles. The van der Waals surface area contributed by atoms with E-state index in [2.05, 4.69) is 86.1 Å². The first-order chi connectivity index (χ1) is 18.8. The number of rotatable bonds is 14. The Morgan fingerprint density at radius 1 is 0.526 bits per heavy atom. The molecule has 0 spiro atoms. The van der Waals surface area contributed by atoms with Crippen LogP contribution in [0.5, 0.6) is 0 Å². The van der Waals surface area contributed by atoms with Crippen LogP contribution in [0.3, 0.4) is 0 Å². The Hall–Kier alpha value is -2.44. The highest BCUT2D eigenvalue weighted by Crippen LogP contribution is 2.34. The number of unbranched alkanes of at least 4 members (excludes halogenated alkanes) is 9. The molecule has 0 aromatic heterocycles. The van der Waals surface area contributed by atoms with E-state index < -0.39 is 0 Å². The maximum atomic E-state index is 3.34. The lowest BCUT2D eigenvalue weighted by molar-refractivity contribution is 0.249. The molecule has 0 bridgehead atoms. The third-order valence-corrected chi connectivity index (χ3v) is 8.35. The van der Waals surface area contributed by atoms with Crippen LogP contribution in [0.25, 0.3) is 0 Å². The topological polar surface area (TPSA) is 0 Å². The summed E-state index contributed by atoms with van der Waals surface area (Å²) >= 11 is 0. The zero-order valence-electron chi connectivity index (χ0n) is 24.5. The van der Waals surface area contributed by atoms with Crippen LogP contribution >= 0.6 is 0 Å². The van der Waals surface area contributed by atoms with Crippen LogP contribution in [-0.4, -0.2) is 0 Å². The fourth-order valence-electron chi connectivity index (χ4n) is 5.73. The van der Waals surface area contributed by atoms with Gasteiger partial charge in [-0.3, -0.25) is 0 Å². The van der Waals surface area contributed by atoms with Gasteiger partial charge in [0, 0.05) is 23.1 Å². The van der Waals surface area contributed by atoms with Crippen LogP contribution < -0.4 is 0 Å². The Kier molecular flexibility index (Phi) is 14.9. The van der Waals surface area contributed by atoms with E-state index in [0.29, 0.717) is 0 Å². The van der Waals surface area contributed by atoms with Crippen molar-refractivity contribution in [3.63, 3.8) is 0 Å². The Bertz CT molecular complexity index is 994. The van der Waals surface area contributed by atoms with Gasteiger partial charge in [-0.2, -0.15) is 0 Å². The Balaban J connectivity index is 1.34. The maximum Gasteiger partial charge on any atom is 0.0249 e. The molecule has 2 aromatic rings. The maximum absolute atomic E-state index is 3.34. The molecule has 0 nitrogen and oxygen atoms in total. The molecule has 204 valence electrons. The first-order valence-corrected chi connectivity index (χ1v) is 16.0. The van der Waals surface area contributed by atoms with Gasteiger partial charge in [0.2, 0.25) is 0 Å². The lowest BCUT2D eigenvalue weighted by Gasteiger charge is -2.28. The number of hydrogen-bond acceptors (Lipinski definition) is 0. The van der Waals surface area contributed by atoms with Crippen LogP contribution in [0, 0.1) is 35.5 Å². The van der Waals surface area contributed by atoms with Crippen molar-refractivity contribution in [1.29, 1.82) is 0 Å². The quantitative estimate of drug-likeness (QED) is 0.176. The highest BCUT2D eigenvalue weighted by atomic mass is 14.3. The highest BCUT2D eigenvalue weighted by molar-refractivity contribution is 5.46. The molecule has 1 aliphatic carbocycles. The predicted molar refractivity (Wildman–Crippen MR) is 166 cm³/mol. The molecular formula is C38H52. The van der Waals surface area contributed by atoms with Gasteiger partial charge < -0.3 is 0 Å². The molecule has 0 aliphatic heterocycles. The normalized spacial score (nSPS) is 16.8. The smallest absolute Gasteiger partial charge is 0.0249 e. The van der Waals surface area contributed by atoms with Gasteiger partial charge in [-0.25, -0.2) is 0 Å². The lowest BCUT2D eigenvalue weighted by atomic mass is 9.77. The summed E-state index contributed by atoms with van der Waals surface area (Å²) < 4.78 is 0. The second-order valence-corrected chi connectivity index (χ2v) is 11.6. The molecule has 0 atom stereocenters. The molecule has 2 aromatic carbocycles. The van der Waals surface area contributed by atoms with E-state index in [1.54, 1.807) is 0 Å². The van der Waals surface area contributed by atoms with Gasteiger partial charge in [0.15, 0.2) is 0 Å². The first-order valence-electron chi connectivity index (χ1n) is 16.0. The molecule has 0 amide bonds. The summed E-state index contributed by atoms with van der Waals surface area (Å²) in [5.41, 5.74) is 4.70. The van der Waals surface area contributed by atoms with Crippen molar-refractivity contribution in [3.05, 3.63) is 70.8 Å². The zero-order valence-corrected chi connectivity index (χ0v) is 24.5. The predicted octanol–water partition coefficient (Wildman–Crippen LogP) is 10.9. The van der Waals surface area contributed by atoms with Crippen molar-refractivity contribution in [1.82, 2.24) is 0 Å². The minimum Gasteiger partial charge on any atom is -0.0979 e. The summed E-state index contributed by atoms with van der Waals surface area (Å²) in [5.74, 6) is 15.2. The Morgan fingerprint density at radius 3 is 1.61 bits per heavy atom. The molecule has 0 unspecified atom stereocenters. The molecule has 1 fully saturated rings. The second-order valence-electron chi connectivity index (χ2n) is 11.6. The summed E-state index contributed by atoms with van der Waals surface area (Å²) in [5, 5.41) is 0. The summed E-state index contributed by atoms with van der Waals surface area (Å²) in [6.07, 6.45) is 24.5. The first kappa shape index (κ1) is 30.1. The largest absolute Gasteiger partial charge is 0.0979 e. The van der Waals surface area contributed by atoms with Gasteiger partial charge >= 0.3 is 0 Å². The molecule has 1 saturated carbocycles. The van der Waals surface area contributed by atoms with Crippen LogP contribution in [-0.2, 0) is 6.42 Å². The minimum absolute atomic E-state index is 0.935. The molecule has 0 saturated heterocycles. The van der Waals surface area contributed by atoms with Crippen LogP contribution in [0.15, 0.2) is 48.5 Å². The van der Waals surface area contributed by atoms with Crippen LogP contribution in [0.1, 0.15) is 145 Å². The van der Waals surface area contributed by atoms with Crippen molar-refractivity contribution in [3.8, 4) is 23.7 Å². The monoisotopic (exact) mass is 508 g/mol. The average molecular weight is 509 g/mol. The second kappa shape index (κ2) is 18.8. The summed E-state index contributed by atoms with van der Waals surface area (Å²) in [6, 6.07) is 17.3. The van der Waals surface area contributed by atoms with Gasteiger partial charge in [-0.1, -0.05) is 140 Å². The van der Waals surface area contributed by atoms with Crippen LogP contribution in [0.2, 0.25) is 0 Å². The molecule has 0 heteroatoms. The molecule has 0 N–H and O–H groups in total. The van der Waals surface area contributed by atoms with Gasteiger partial charge in [-0.05, 0) is 73.1 Å². The average Bonchev–Trinajstić information content (AvgIpc) is 2.96. The highest BCUT2D eigenvalue weighted by Gasteiger charge is 2.20. The van der Waals surface area contributed by atoms with Crippen molar-refractivity contribution < 1.29 is 0 Å². The van der Waals surface area contributed by atoms with Crippen molar-refractivity contribution in [2.45, 2.75) is 129 Å². The molecule has 1 aliphatic rings. The molecule has 0 radical (unpaired) electrons. The van der Waals surface area contributed by atoms with Crippen molar-refractivity contribution in [2.24, 2.45) is 11.8 Å². The van der Waals surface area contributed by atoms with E-state index in [4.69, 9.17) is 0 Å². The third-order valence-electron chi connectivity index (χ3n) is 8.35. The van der Waals surface area contributed by atoms with E-state index in [0.717, 1.165) is 34.9 Å². The number of benzene rings is 2. The van der Waals surface area contributed by atoms with E-state index in [1.807, 2.05) is 0 Å². The van der Waals surface area contributed by atoms with E-state index in [9.17, 15) is 0 Å². The van der Waals surface area contributed by atoms with E-state index in [-0.39, 0.29) is 0 Å².